The molecule has 1 aromatic carbocycles. The number of fused-ring (bicyclic) bond motifs is 1. The predicted octanol–water partition coefficient (Wildman–Crippen LogP) is 2.15. The number of hydrogen-bond acceptors (Lipinski definition) is 4. The normalized spacial score (nSPS) is 16.2. The molecule has 27 heavy (non-hydrogen) atoms. The fraction of sp³-hybridized carbons (Fsp3) is 0.632. The van der Waals surface area contributed by atoms with E-state index in [-0.39, 0.29) is 42.1 Å². The van der Waals surface area contributed by atoms with Crippen LogP contribution in [-0.2, 0) is 27.7 Å². The number of nitrogens with two attached hydrogens (primary N) is 1. The first kappa shape index (κ1) is 23.9. The fourth-order valence-electron chi connectivity index (χ4n) is 3.07. The summed E-state index contributed by atoms with van der Waals surface area (Å²) in [6, 6.07) is 5.32. The SMILES string of the molecule is CC(C)C(C)(CN)NC(=O)CCNS(=O)(=O)c1ccc2c(c1)CCCC2.Cl. The predicted molar refractivity (Wildman–Crippen MR) is 111 cm³/mol. The monoisotopic (exact) mass is 417 g/mol. The van der Waals surface area contributed by atoms with Crippen LogP contribution in [0.5, 0.6) is 0 Å². The molecule has 0 saturated heterocycles. The molecule has 0 saturated carbocycles. The van der Waals surface area contributed by atoms with Crippen molar-refractivity contribution in [2.24, 2.45) is 11.7 Å². The molecule has 0 heterocycles. The molecular weight excluding hydrogens is 386 g/mol. The van der Waals surface area contributed by atoms with E-state index in [0.29, 0.717) is 6.54 Å². The van der Waals surface area contributed by atoms with Crippen molar-refractivity contribution in [2.45, 2.75) is 63.3 Å². The standard InChI is InChI=1S/C19H31N3O3S.ClH/c1-14(2)19(3,13-20)22-18(23)10-11-21-26(24,25)17-9-8-15-6-4-5-7-16(15)12-17;/h8-9,12,14,21H,4-7,10-11,13,20H2,1-3H3,(H,22,23);1H. The maximum absolute atomic E-state index is 12.5. The van der Waals surface area contributed by atoms with Crippen molar-refractivity contribution in [2.75, 3.05) is 13.1 Å². The topological polar surface area (TPSA) is 101 Å². The number of aryl methyl sites for hydroxylation is 2. The van der Waals surface area contributed by atoms with Gasteiger partial charge in [-0.2, -0.15) is 0 Å². The van der Waals surface area contributed by atoms with Gasteiger partial charge in [0.05, 0.1) is 10.4 Å². The van der Waals surface area contributed by atoms with Gasteiger partial charge in [0.2, 0.25) is 15.9 Å². The zero-order chi connectivity index (χ0) is 19.4. The molecule has 1 unspecified atom stereocenters. The van der Waals surface area contributed by atoms with Crippen LogP contribution in [0.4, 0.5) is 0 Å². The summed E-state index contributed by atoms with van der Waals surface area (Å²) in [5.74, 6) is -0.0246. The summed E-state index contributed by atoms with van der Waals surface area (Å²) in [7, 11) is -3.61. The van der Waals surface area contributed by atoms with E-state index in [1.807, 2.05) is 26.8 Å². The number of hydrogen-bond donors (Lipinski definition) is 3. The molecule has 1 aromatic rings. The molecular formula is C19H32ClN3O3S. The first-order valence-electron chi connectivity index (χ1n) is 9.30. The Balaban J connectivity index is 0.00000364. The first-order chi connectivity index (χ1) is 12.2. The molecule has 1 amide bonds. The maximum atomic E-state index is 12.5. The van der Waals surface area contributed by atoms with Crippen molar-refractivity contribution < 1.29 is 13.2 Å². The zero-order valence-electron chi connectivity index (χ0n) is 16.4. The molecule has 2 rings (SSSR count). The Morgan fingerprint density at radius 2 is 1.85 bits per heavy atom. The molecule has 0 bridgehead atoms. The van der Waals surface area contributed by atoms with Gasteiger partial charge < -0.3 is 11.1 Å². The average molecular weight is 418 g/mol. The van der Waals surface area contributed by atoms with Crippen molar-refractivity contribution in [1.29, 1.82) is 0 Å². The van der Waals surface area contributed by atoms with Crippen LogP contribution in [-0.4, -0.2) is 33.0 Å². The highest BCUT2D eigenvalue weighted by atomic mass is 35.5. The molecule has 4 N–H and O–H groups in total. The van der Waals surface area contributed by atoms with Crippen molar-refractivity contribution >= 4 is 28.3 Å². The molecule has 8 heteroatoms. The fourth-order valence-corrected chi connectivity index (χ4v) is 4.15. The van der Waals surface area contributed by atoms with E-state index < -0.39 is 15.6 Å². The number of halogens is 1. The third-order valence-electron chi connectivity index (χ3n) is 5.40. The first-order valence-corrected chi connectivity index (χ1v) is 10.8. The van der Waals surface area contributed by atoms with Gasteiger partial charge in [-0.05, 0) is 61.8 Å². The average Bonchev–Trinajstić information content (AvgIpc) is 2.60. The van der Waals surface area contributed by atoms with Crippen molar-refractivity contribution in [3.05, 3.63) is 29.3 Å². The Hall–Kier alpha value is -1.15. The van der Waals surface area contributed by atoms with Gasteiger partial charge in [0, 0.05) is 19.5 Å². The molecule has 0 spiro atoms. The van der Waals surface area contributed by atoms with E-state index in [9.17, 15) is 13.2 Å². The molecule has 0 fully saturated rings. The van der Waals surface area contributed by atoms with Gasteiger partial charge >= 0.3 is 0 Å². The van der Waals surface area contributed by atoms with Crippen LogP contribution in [0.15, 0.2) is 23.1 Å². The Morgan fingerprint density at radius 1 is 1.22 bits per heavy atom. The van der Waals surface area contributed by atoms with Crippen LogP contribution in [0.1, 0.15) is 51.2 Å². The van der Waals surface area contributed by atoms with Crippen molar-refractivity contribution in [3.63, 3.8) is 0 Å². The van der Waals surface area contributed by atoms with E-state index in [4.69, 9.17) is 5.73 Å². The van der Waals surface area contributed by atoms with E-state index >= 15 is 0 Å². The summed E-state index contributed by atoms with van der Waals surface area (Å²) in [5, 5.41) is 2.91. The minimum atomic E-state index is -3.61. The second-order valence-corrected chi connectivity index (χ2v) is 9.38. The lowest BCUT2D eigenvalue weighted by molar-refractivity contribution is -0.123. The summed E-state index contributed by atoms with van der Waals surface area (Å²) in [6.45, 7) is 6.27. The van der Waals surface area contributed by atoms with Crippen LogP contribution in [0, 0.1) is 5.92 Å². The van der Waals surface area contributed by atoms with Crippen LogP contribution < -0.4 is 15.8 Å². The number of benzene rings is 1. The highest BCUT2D eigenvalue weighted by molar-refractivity contribution is 7.89. The summed E-state index contributed by atoms with van der Waals surface area (Å²) < 4.78 is 27.5. The Kier molecular flexibility index (Phi) is 8.73. The molecule has 0 aromatic heterocycles. The number of carbonyl (C=O) groups is 1. The second-order valence-electron chi connectivity index (χ2n) is 7.61. The summed E-state index contributed by atoms with van der Waals surface area (Å²) in [4.78, 5) is 12.4. The second kappa shape index (κ2) is 9.87. The molecule has 0 radical (unpaired) electrons. The van der Waals surface area contributed by atoms with Gasteiger partial charge in [-0.3, -0.25) is 4.79 Å². The van der Waals surface area contributed by atoms with Gasteiger partial charge in [0.25, 0.3) is 0 Å². The van der Waals surface area contributed by atoms with Crippen molar-refractivity contribution in [3.8, 4) is 0 Å². The van der Waals surface area contributed by atoms with Crippen LogP contribution >= 0.6 is 12.4 Å². The highest BCUT2D eigenvalue weighted by Crippen LogP contribution is 2.24. The lowest BCUT2D eigenvalue weighted by atomic mass is 9.88. The molecule has 154 valence electrons. The smallest absolute Gasteiger partial charge is 0.240 e. The Bertz CT molecular complexity index is 753. The quantitative estimate of drug-likeness (QED) is 0.603. The van der Waals surface area contributed by atoms with Crippen LogP contribution in [0.25, 0.3) is 0 Å². The minimum absolute atomic E-state index is 0. The van der Waals surface area contributed by atoms with Gasteiger partial charge in [-0.15, -0.1) is 12.4 Å². The third kappa shape index (κ3) is 6.17. The van der Waals surface area contributed by atoms with E-state index in [0.717, 1.165) is 31.2 Å². The van der Waals surface area contributed by atoms with E-state index in [2.05, 4.69) is 10.0 Å². The molecule has 0 aliphatic heterocycles. The minimum Gasteiger partial charge on any atom is -0.349 e. The number of rotatable bonds is 8. The maximum Gasteiger partial charge on any atom is 0.240 e. The number of carbonyl (C=O) groups excluding carboxylic acids is 1. The van der Waals surface area contributed by atoms with Gasteiger partial charge in [-0.25, -0.2) is 13.1 Å². The Labute approximate surface area is 169 Å². The summed E-state index contributed by atoms with van der Waals surface area (Å²) >= 11 is 0. The number of nitrogens with one attached hydrogen (secondary N) is 2. The molecule has 1 aliphatic rings. The van der Waals surface area contributed by atoms with Gasteiger partial charge in [0.1, 0.15) is 0 Å². The lowest BCUT2D eigenvalue weighted by Crippen LogP contribution is -2.55. The number of sulfonamides is 1. The summed E-state index contributed by atoms with van der Waals surface area (Å²) in [5.41, 5.74) is 7.63. The van der Waals surface area contributed by atoms with Gasteiger partial charge in [-0.1, -0.05) is 19.9 Å². The number of amides is 1. The lowest BCUT2D eigenvalue weighted by Gasteiger charge is -2.33. The summed E-state index contributed by atoms with van der Waals surface area (Å²) in [6.07, 6.45) is 4.27. The molecule has 1 aliphatic carbocycles. The highest BCUT2D eigenvalue weighted by Gasteiger charge is 2.28. The largest absolute Gasteiger partial charge is 0.349 e. The molecule has 1 atom stereocenters. The van der Waals surface area contributed by atoms with E-state index in [1.54, 1.807) is 12.1 Å². The molecule has 6 nitrogen and oxygen atoms in total. The van der Waals surface area contributed by atoms with Gasteiger partial charge in [0.15, 0.2) is 0 Å². The van der Waals surface area contributed by atoms with Crippen LogP contribution in [0.3, 0.4) is 0 Å². The zero-order valence-corrected chi connectivity index (χ0v) is 18.0. The third-order valence-corrected chi connectivity index (χ3v) is 6.86. The van der Waals surface area contributed by atoms with Crippen LogP contribution in [0.2, 0.25) is 0 Å². The Morgan fingerprint density at radius 3 is 2.44 bits per heavy atom. The van der Waals surface area contributed by atoms with E-state index in [1.165, 1.54) is 5.56 Å². The van der Waals surface area contributed by atoms with Crippen molar-refractivity contribution in [1.82, 2.24) is 10.0 Å².